The van der Waals surface area contributed by atoms with Gasteiger partial charge in [0, 0.05) is 69.9 Å². The fraction of sp³-hybridized carbons (Fsp3) is 0. The molecule has 0 fully saturated rings. The number of para-hydroxylation sites is 1. The lowest BCUT2D eigenvalue weighted by molar-refractivity contribution is 1.18. The minimum absolute atomic E-state index is 0.969. The first-order valence-corrected chi connectivity index (χ1v) is 15.6. The van der Waals surface area contributed by atoms with Crippen molar-refractivity contribution in [1.29, 1.82) is 0 Å². The smallest absolute Gasteiger partial charge is 0.0795 e. The first-order chi connectivity index (χ1) is 21.8. The van der Waals surface area contributed by atoms with Crippen molar-refractivity contribution in [2.45, 2.75) is 0 Å². The van der Waals surface area contributed by atoms with Gasteiger partial charge in [0.05, 0.1) is 27.8 Å². The molecule has 3 nitrogen and oxygen atoms in total. The lowest BCUT2D eigenvalue weighted by atomic mass is 9.99. The molecule has 10 rings (SSSR count). The number of pyridine rings is 2. The average Bonchev–Trinajstić information content (AvgIpc) is 3.62. The van der Waals surface area contributed by atoms with Crippen LogP contribution in [0.25, 0.3) is 91.5 Å². The van der Waals surface area contributed by atoms with E-state index in [4.69, 9.17) is 9.97 Å². The molecule has 204 valence electrons. The van der Waals surface area contributed by atoms with E-state index < -0.39 is 0 Å². The summed E-state index contributed by atoms with van der Waals surface area (Å²) in [5, 5.41) is 9.64. The summed E-state index contributed by atoms with van der Waals surface area (Å²) in [5.74, 6) is 0. The van der Waals surface area contributed by atoms with Crippen molar-refractivity contribution in [1.82, 2.24) is 14.5 Å². The summed E-state index contributed by atoms with van der Waals surface area (Å²) in [6, 6.07) is 48.0. The molecule has 0 spiro atoms. The zero-order chi connectivity index (χ0) is 28.8. The van der Waals surface area contributed by atoms with E-state index in [1.54, 1.807) is 0 Å². The third-order valence-corrected chi connectivity index (χ3v) is 10.1. The Bertz CT molecular complexity index is 2740. The van der Waals surface area contributed by atoms with Gasteiger partial charge in [-0.05, 0) is 60.7 Å². The minimum Gasteiger partial charge on any atom is -0.309 e. The van der Waals surface area contributed by atoms with Crippen LogP contribution in [0.3, 0.4) is 0 Å². The summed E-state index contributed by atoms with van der Waals surface area (Å²) < 4.78 is 5.04. The molecule has 0 saturated heterocycles. The summed E-state index contributed by atoms with van der Waals surface area (Å²) in [6.07, 6.45) is 1.87. The fourth-order valence-electron chi connectivity index (χ4n) is 7.03. The second-order valence-corrected chi connectivity index (χ2v) is 12.5. The molecule has 0 aliphatic carbocycles. The standard InChI is InChI=1S/C40H23N3S/c1-2-9-25(10-3-1)43-35-19-16-24(21-31(35)32-23-38-33(22-36(32)43)26-11-6-7-15-37(26)44-38)34-18-17-30-28-14-8-20-41-39(28)27-12-4-5-13-29(27)40(30)42-34/h1-23H. The van der Waals surface area contributed by atoms with Gasteiger partial charge in [-0.2, -0.15) is 0 Å². The second-order valence-electron chi connectivity index (χ2n) is 11.4. The van der Waals surface area contributed by atoms with E-state index in [1.165, 1.54) is 42.0 Å². The van der Waals surface area contributed by atoms with Crippen molar-refractivity contribution in [3.63, 3.8) is 0 Å². The third kappa shape index (κ3) is 3.31. The summed E-state index contributed by atoms with van der Waals surface area (Å²) in [7, 11) is 0. The van der Waals surface area contributed by atoms with Crippen LogP contribution in [0, 0.1) is 0 Å². The molecule has 0 N–H and O–H groups in total. The number of thiophene rings is 1. The summed E-state index contributed by atoms with van der Waals surface area (Å²) in [5.41, 5.74) is 7.69. The quantitative estimate of drug-likeness (QED) is 0.191. The van der Waals surface area contributed by atoms with Crippen molar-refractivity contribution in [3.05, 3.63) is 140 Å². The van der Waals surface area contributed by atoms with Gasteiger partial charge in [-0.15, -0.1) is 11.3 Å². The fourth-order valence-corrected chi connectivity index (χ4v) is 8.15. The van der Waals surface area contributed by atoms with Crippen molar-refractivity contribution >= 4 is 85.9 Å². The number of hydrogen-bond donors (Lipinski definition) is 0. The van der Waals surface area contributed by atoms with Gasteiger partial charge in [-0.25, -0.2) is 4.98 Å². The van der Waals surface area contributed by atoms with Gasteiger partial charge in [0.1, 0.15) is 0 Å². The Labute approximate surface area is 256 Å². The van der Waals surface area contributed by atoms with Crippen LogP contribution in [0.15, 0.2) is 140 Å². The van der Waals surface area contributed by atoms with Crippen LogP contribution in [0.2, 0.25) is 0 Å². The third-order valence-electron chi connectivity index (χ3n) is 9.00. The van der Waals surface area contributed by atoms with Gasteiger partial charge in [-0.1, -0.05) is 72.8 Å². The van der Waals surface area contributed by atoms with Crippen LogP contribution in [0.1, 0.15) is 0 Å². The highest BCUT2D eigenvalue weighted by Crippen LogP contribution is 2.42. The molecule has 4 heteroatoms. The molecular formula is C40H23N3S. The van der Waals surface area contributed by atoms with Crippen molar-refractivity contribution in [2.24, 2.45) is 0 Å². The van der Waals surface area contributed by atoms with Crippen LogP contribution in [-0.4, -0.2) is 14.5 Å². The lowest BCUT2D eigenvalue weighted by Crippen LogP contribution is -1.93. The van der Waals surface area contributed by atoms with Crippen molar-refractivity contribution in [3.8, 4) is 16.9 Å². The normalized spacial score (nSPS) is 12.1. The second kappa shape index (κ2) is 8.96. The Hall–Kier alpha value is -5.58. The Morgan fingerprint density at radius 3 is 2.02 bits per heavy atom. The van der Waals surface area contributed by atoms with Gasteiger partial charge in [0.15, 0.2) is 0 Å². The molecule has 0 aliphatic rings. The molecule has 10 aromatic rings. The van der Waals surface area contributed by atoms with E-state index in [1.807, 2.05) is 23.6 Å². The van der Waals surface area contributed by atoms with E-state index in [2.05, 4.69) is 132 Å². The summed E-state index contributed by atoms with van der Waals surface area (Å²) in [6.45, 7) is 0. The summed E-state index contributed by atoms with van der Waals surface area (Å²) >= 11 is 1.87. The molecular weight excluding hydrogens is 555 g/mol. The molecule has 0 aliphatic heterocycles. The zero-order valence-electron chi connectivity index (χ0n) is 23.5. The molecule has 6 aromatic carbocycles. The van der Waals surface area contributed by atoms with Gasteiger partial charge in [0.25, 0.3) is 0 Å². The van der Waals surface area contributed by atoms with E-state index in [-0.39, 0.29) is 0 Å². The first kappa shape index (κ1) is 23.9. The van der Waals surface area contributed by atoms with E-state index >= 15 is 0 Å². The van der Waals surface area contributed by atoms with E-state index in [9.17, 15) is 0 Å². The molecule has 4 aromatic heterocycles. The van der Waals surface area contributed by atoms with E-state index in [0.29, 0.717) is 0 Å². The maximum atomic E-state index is 5.32. The SMILES string of the molecule is c1ccc(-n2c3ccc(-c4ccc5c6cccnc6c6ccccc6c5n4)cc3c3cc4sc5ccccc5c4cc32)cc1. The lowest BCUT2D eigenvalue weighted by Gasteiger charge is -2.11. The molecule has 0 amide bonds. The van der Waals surface area contributed by atoms with Gasteiger partial charge >= 0.3 is 0 Å². The Balaban J connectivity index is 1.27. The van der Waals surface area contributed by atoms with Crippen LogP contribution in [0.5, 0.6) is 0 Å². The molecule has 4 heterocycles. The van der Waals surface area contributed by atoms with E-state index in [0.717, 1.165) is 49.5 Å². The molecule has 44 heavy (non-hydrogen) atoms. The van der Waals surface area contributed by atoms with Crippen LogP contribution in [-0.2, 0) is 0 Å². The minimum atomic E-state index is 0.969. The number of nitrogens with zero attached hydrogens (tertiary/aromatic N) is 3. The molecule has 0 bridgehead atoms. The number of hydrogen-bond acceptors (Lipinski definition) is 3. The van der Waals surface area contributed by atoms with Gasteiger partial charge in [0.2, 0.25) is 0 Å². The topological polar surface area (TPSA) is 30.7 Å². The average molecular weight is 578 g/mol. The number of aromatic nitrogens is 3. The number of rotatable bonds is 2. The predicted octanol–water partition coefficient (Wildman–Crippen LogP) is 11.1. The molecule has 0 atom stereocenters. The molecule has 0 radical (unpaired) electrons. The zero-order valence-corrected chi connectivity index (χ0v) is 24.3. The number of benzene rings is 6. The first-order valence-electron chi connectivity index (χ1n) is 14.8. The Kier molecular flexibility index (Phi) is 4.87. The van der Waals surface area contributed by atoms with Crippen molar-refractivity contribution in [2.75, 3.05) is 0 Å². The number of fused-ring (bicyclic) bond motifs is 12. The maximum absolute atomic E-state index is 5.32. The van der Waals surface area contributed by atoms with Crippen LogP contribution < -0.4 is 0 Å². The summed E-state index contributed by atoms with van der Waals surface area (Å²) in [4.78, 5) is 10.1. The van der Waals surface area contributed by atoms with Gasteiger partial charge in [-0.3, -0.25) is 4.98 Å². The van der Waals surface area contributed by atoms with Crippen LogP contribution in [0.4, 0.5) is 0 Å². The van der Waals surface area contributed by atoms with Crippen molar-refractivity contribution < 1.29 is 0 Å². The Morgan fingerprint density at radius 1 is 0.455 bits per heavy atom. The van der Waals surface area contributed by atoms with Crippen LogP contribution >= 0.6 is 11.3 Å². The highest BCUT2D eigenvalue weighted by atomic mass is 32.1. The maximum Gasteiger partial charge on any atom is 0.0795 e. The van der Waals surface area contributed by atoms with Gasteiger partial charge < -0.3 is 4.57 Å². The molecule has 0 unspecified atom stereocenters. The largest absolute Gasteiger partial charge is 0.309 e. The molecule has 0 saturated carbocycles. The highest BCUT2D eigenvalue weighted by molar-refractivity contribution is 7.25. The monoisotopic (exact) mass is 577 g/mol. The highest BCUT2D eigenvalue weighted by Gasteiger charge is 2.17. The predicted molar refractivity (Wildman–Crippen MR) is 187 cm³/mol. The Morgan fingerprint density at radius 2 is 1.16 bits per heavy atom.